The van der Waals surface area contributed by atoms with Crippen molar-refractivity contribution in [3.8, 4) is 5.75 Å². The van der Waals surface area contributed by atoms with Gasteiger partial charge in [0, 0.05) is 23.6 Å². The van der Waals surface area contributed by atoms with Gasteiger partial charge in [-0.25, -0.2) is 0 Å². The smallest absolute Gasteiger partial charge is 0.303 e. The van der Waals surface area contributed by atoms with Crippen molar-refractivity contribution < 1.29 is 19.4 Å². The maximum absolute atomic E-state index is 13.4. The molecule has 3 aromatic carbocycles. The summed E-state index contributed by atoms with van der Waals surface area (Å²) in [6, 6.07) is 23.4. The number of aromatic nitrogens is 1. The predicted molar refractivity (Wildman–Crippen MR) is 138 cm³/mol. The molecule has 0 atom stereocenters. The minimum atomic E-state index is -0.810. The summed E-state index contributed by atoms with van der Waals surface area (Å²) in [5, 5.41) is 9.94. The van der Waals surface area contributed by atoms with Gasteiger partial charge in [-0.3, -0.25) is 14.2 Å². The molecule has 1 N–H and O–H groups in total. The average Bonchev–Trinajstić information content (AvgIpc) is 3.21. The number of benzene rings is 3. The number of carboxylic acids is 1. The predicted octanol–water partition coefficient (Wildman–Crippen LogP) is 6.51. The first kappa shape index (κ1) is 24.3. The first-order valence-corrected chi connectivity index (χ1v) is 12.1. The molecule has 180 valence electrons. The van der Waals surface area contributed by atoms with Gasteiger partial charge in [0.2, 0.25) is 0 Å². The number of nitrogens with zero attached hydrogens (tertiary/aromatic N) is 1. The number of hydrogen-bond acceptors (Lipinski definition) is 3. The van der Waals surface area contributed by atoms with Gasteiger partial charge in [-0.05, 0) is 72.2 Å². The zero-order valence-electron chi connectivity index (χ0n) is 20.2. The van der Waals surface area contributed by atoms with Crippen molar-refractivity contribution in [2.75, 3.05) is 0 Å². The molecule has 0 saturated heterocycles. The minimum absolute atomic E-state index is 0.107. The molecule has 0 aliphatic rings. The summed E-state index contributed by atoms with van der Waals surface area (Å²) >= 11 is 0. The van der Waals surface area contributed by atoms with E-state index in [2.05, 4.69) is 26.0 Å². The van der Waals surface area contributed by atoms with E-state index in [-0.39, 0.29) is 12.3 Å². The van der Waals surface area contributed by atoms with Crippen molar-refractivity contribution in [3.63, 3.8) is 0 Å². The molecule has 0 saturated carbocycles. The van der Waals surface area contributed by atoms with Crippen molar-refractivity contribution in [1.29, 1.82) is 0 Å². The number of carbonyl (C=O) groups is 2. The Balaban J connectivity index is 1.49. The lowest BCUT2D eigenvalue weighted by atomic mass is 10.0. The van der Waals surface area contributed by atoms with Crippen molar-refractivity contribution in [2.45, 2.75) is 46.1 Å². The van der Waals surface area contributed by atoms with Gasteiger partial charge in [-0.15, -0.1) is 0 Å². The second-order valence-electron chi connectivity index (χ2n) is 9.32. The number of ether oxygens (including phenoxy) is 1. The van der Waals surface area contributed by atoms with Gasteiger partial charge in [-0.2, -0.15) is 0 Å². The molecule has 4 aromatic rings. The molecule has 0 aliphatic heterocycles. The lowest BCUT2D eigenvalue weighted by molar-refractivity contribution is -0.137. The van der Waals surface area contributed by atoms with Crippen LogP contribution in [0.1, 0.15) is 53.7 Å². The summed E-state index contributed by atoms with van der Waals surface area (Å²) in [5.74, 6) is 0.484. The van der Waals surface area contributed by atoms with Gasteiger partial charge in [-0.1, -0.05) is 56.3 Å². The van der Waals surface area contributed by atoms with E-state index in [0.717, 1.165) is 34.2 Å². The third-order valence-electron chi connectivity index (χ3n) is 6.00. The topological polar surface area (TPSA) is 68.5 Å². The Morgan fingerprint density at radius 1 is 0.943 bits per heavy atom. The molecule has 35 heavy (non-hydrogen) atoms. The number of hydrogen-bond donors (Lipinski definition) is 1. The number of para-hydroxylation sites is 1. The Hall–Kier alpha value is -3.86. The normalized spacial score (nSPS) is 11.2. The van der Waals surface area contributed by atoms with Crippen molar-refractivity contribution >= 4 is 22.8 Å². The molecule has 5 heteroatoms. The van der Waals surface area contributed by atoms with E-state index in [4.69, 9.17) is 9.84 Å². The highest BCUT2D eigenvalue weighted by Gasteiger charge is 2.16. The molecule has 0 unspecified atom stereocenters. The third kappa shape index (κ3) is 6.18. The van der Waals surface area contributed by atoms with Crippen LogP contribution in [0.25, 0.3) is 10.9 Å². The van der Waals surface area contributed by atoms with Crippen molar-refractivity contribution in [2.24, 2.45) is 5.92 Å². The number of carbonyl (C=O) groups excluding carboxylic acids is 1. The summed E-state index contributed by atoms with van der Waals surface area (Å²) in [6.07, 6.45) is 4.13. The molecule has 0 bridgehead atoms. The molecule has 4 rings (SSSR count). The molecule has 1 heterocycles. The second-order valence-corrected chi connectivity index (χ2v) is 9.32. The van der Waals surface area contributed by atoms with Gasteiger partial charge in [0.1, 0.15) is 12.4 Å². The highest BCUT2D eigenvalue weighted by molar-refractivity contribution is 6.03. The van der Waals surface area contributed by atoms with Crippen molar-refractivity contribution in [1.82, 2.24) is 4.57 Å². The molecule has 5 nitrogen and oxygen atoms in total. The summed E-state index contributed by atoms with van der Waals surface area (Å²) in [6.45, 7) is 4.78. The first-order chi connectivity index (χ1) is 16.9. The molecule has 0 amide bonds. The van der Waals surface area contributed by atoms with Crippen LogP contribution in [-0.2, 0) is 24.2 Å². The number of fused-ring (bicyclic) bond motifs is 1. The fourth-order valence-corrected chi connectivity index (χ4v) is 4.34. The van der Waals surface area contributed by atoms with Gasteiger partial charge < -0.3 is 9.84 Å². The summed E-state index contributed by atoms with van der Waals surface area (Å²) in [7, 11) is 0. The van der Waals surface area contributed by atoms with Gasteiger partial charge >= 0.3 is 5.97 Å². The lowest BCUT2D eigenvalue weighted by Gasteiger charge is -2.10. The van der Waals surface area contributed by atoms with Crippen LogP contribution in [0, 0.1) is 5.92 Å². The fraction of sp³-hybridized carbons (Fsp3) is 0.267. The Labute approximate surface area is 206 Å². The van der Waals surface area contributed by atoms with Gasteiger partial charge in [0.15, 0.2) is 0 Å². The molecular formula is C30H31NO4. The summed E-state index contributed by atoms with van der Waals surface area (Å²) in [5.41, 5.74) is 4.60. The maximum atomic E-state index is 13.4. The second kappa shape index (κ2) is 11.0. The quantitative estimate of drug-likeness (QED) is 0.287. The van der Waals surface area contributed by atoms with E-state index in [1.54, 1.807) is 4.57 Å². The summed E-state index contributed by atoms with van der Waals surface area (Å²) < 4.78 is 7.63. The van der Waals surface area contributed by atoms with Crippen LogP contribution in [0.2, 0.25) is 0 Å². The highest BCUT2D eigenvalue weighted by Crippen LogP contribution is 2.24. The first-order valence-electron chi connectivity index (χ1n) is 12.1. The molecular weight excluding hydrogens is 438 g/mol. The van der Waals surface area contributed by atoms with E-state index in [0.29, 0.717) is 30.9 Å². The van der Waals surface area contributed by atoms with E-state index < -0.39 is 5.97 Å². The van der Waals surface area contributed by atoms with Gasteiger partial charge in [0.05, 0.1) is 5.52 Å². The van der Waals surface area contributed by atoms with E-state index in [1.165, 1.54) is 5.56 Å². The Morgan fingerprint density at radius 3 is 2.46 bits per heavy atom. The molecule has 0 spiro atoms. The Kier molecular flexibility index (Phi) is 7.66. The standard InChI is InChI=1S/C30H31NO4/c1-21(2)17-22-13-15-26(16-14-22)35-20-23-7-5-8-24(18-23)30(34)31-19-25(9-6-12-29(32)33)27-10-3-4-11-28(27)31/h3-5,7-8,10-11,13-16,18-19,21H,6,9,12,17,20H2,1-2H3,(H,32,33). The van der Waals surface area contributed by atoms with E-state index in [1.807, 2.05) is 66.9 Å². The number of aryl methyl sites for hydroxylation is 1. The fourth-order valence-electron chi connectivity index (χ4n) is 4.34. The SMILES string of the molecule is CC(C)Cc1ccc(OCc2cccc(C(=O)n3cc(CCCC(=O)O)c4ccccc43)c2)cc1. The Bertz CT molecular complexity index is 1320. The highest BCUT2D eigenvalue weighted by atomic mass is 16.5. The van der Waals surface area contributed by atoms with Crippen LogP contribution in [0.5, 0.6) is 5.75 Å². The average molecular weight is 470 g/mol. The van der Waals surface area contributed by atoms with Crippen LogP contribution in [0.3, 0.4) is 0 Å². The number of rotatable bonds is 10. The maximum Gasteiger partial charge on any atom is 0.303 e. The van der Waals surface area contributed by atoms with Gasteiger partial charge in [0.25, 0.3) is 5.91 Å². The Morgan fingerprint density at radius 2 is 1.71 bits per heavy atom. The molecule has 1 aromatic heterocycles. The monoisotopic (exact) mass is 469 g/mol. The third-order valence-corrected chi connectivity index (χ3v) is 6.00. The minimum Gasteiger partial charge on any atom is -0.489 e. The van der Waals surface area contributed by atoms with Crippen molar-refractivity contribution in [3.05, 3.63) is 101 Å². The van der Waals surface area contributed by atoms with Crippen LogP contribution in [-0.4, -0.2) is 21.6 Å². The number of carboxylic acid groups (broad SMARTS) is 1. The zero-order chi connectivity index (χ0) is 24.8. The largest absolute Gasteiger partial charge is 0.489 e. The van der Waals surface area contributed by atoms with E-state index in [9.17, 15) is 9.59 Å². The van der Waals surface area contributed by atoms with Crippen LogP contribution in [0.15, 0.2) is 79.0 Å². The van der Waals surface area contributed by atoms with E-state index >= 15 is 0 Å². The van der Waals surface area contributed by atoms with Crippen LogP contribution in [0.4, 0.5) is 0 Å². The molecule has 0 radical (unpaired) electrons. The molecule has 0 aliphatic carbocycles. The lowest BCUT2D eigenvalue weighted by Crippen LogP contribution is -2.11. The molecule has 0 fully saturated rings. The van der Waals surface area contributed by atoms with Crippen LogP contribution < -0.4 is 4.74 Å². The zero-order valence-corrected chi connectivity index (χ0v) is 20.2. The van der Waals surface area contributed by atoms with Crippen LogP contribution >= 0.6 is 0 Å². The number of aliphatic carboxylic acids is 1. The summed E-state index contributed by atoms with van der Waals surface area (Å²) in [4.78, 5) is 24.3.